The van der Waals surface area contributed by atoms with Gasteiger partial charge < -0.3 is 4.57 Å². The van der Waals surface area contributed by atoms with Gasteiger partial charge in [-0.05, 0) is 68.8 Å². The number of para-hydroxylation sites is 2. The number of aromatic nitrogens is 5. The summed E-state index contributed by atoms with van der Waals surface area (Å²) >= 11 is 0. The fraction of sp³-hybridized carbons (Fsp3) is 0.0500. The van der Waals surface area contributed by atoms with Gasteiger partial charge in [0, 0.05) is 43.8 Å². The highest BCUT2D eigenvalue weighted by Gasteiger charge is 2.38. The quantitative estimate of drug-likeness (QED) is 0.168. The molecule has 1 aliphatic carbocycles. The molecular weight excluding hydrogens is 791 g/mol. The number of fused-ring (bicyclic) bond motifs is 10. The van der Waals surface area contributed by atoms with Crippen LogP contribution >= 0.6 is 0 Å². The summed E-state index contributed by atoms with van der Waals surface area (Å²) in [4.78, 5) is 16.3. The van der Waals surface area contributed by atoms with E-state index in [0.29, 0.717) is 17.6 Å². The molecule has 3 heterocycles. The van der Waals surface area contributed by atoms with Crippen molar-refractivity contribution in [2.45, 2.75) is 19.3 Å². The van der Waals surface area contributed by atoms with E-state index in [9.17, 15) is 0 Å². The Morgan fingerprint density at radius 1 is 0.354 bits per heavy atom. The van der Waals surface area contributed by atoms with E-state index in [4.69, 9.17) is 15.0 Å². The van der Waals surface area contributed by atoms with E-state index in [-0.39, 0.29) is 5.41 Å². The second-order valence-corrected chi connectivity index (χ2v) is 17.6. The number of benzene rings is 9. The van der Waals surface area contributed by atoms with Crippen molar-refractivity contribution in [1.82, 2.24) is 24.1 Å². The van der Waals surface area contributed by atoms with Crippen LogP contribution in [0, 0.1) is 0 Å². The summed E-state index contributed by atoms with van der Waals surface area (Å²) in [6.45, 7) is 4.64. The minimum absolute atomic E-state index is 0.263. The summed E-state index contributed by atoms with van der Waals surface area (Å²) in [6.07, 6.45) is 0. The molecule has 0 fully saturated rings. The summed E-state index contributed by atoms with van der Waals surface area (Å²) < 4.78 is 4.73. The molecule has 0 unspecified atom stereocenters. The molecule has 0 atom stereocenters. The molecule has 306 valence electrons. The normalized spacial score (nSPS) is 12.9. The minimum Gasteiger partial charge on any atom is -0.307 e. The Morgan fingerprint density at radius 3 is 1.58 bits per heavy atom. The van der Waals surface area contributed by atoms with Crippen LogP contribution in [0.15, 0.2) is 212 Å². The van der Waals surface area contributed by atoms with Crippen LogP contribution in [0.4, 0.5) is 0 Å². The van der Waals surface area contributed by atoms with Crippen molar-refractivity contribution in [2.24, 2.45) is 0 Å². The fourth-order valence-electron chi connectivity index (χ4n) is 10.6. The molecule has 0 aliphatic heterocycles. The van der Waals surface area contributed by atoms with Crippen LogP contribution in [0.1, 0.15) is 25.0 Å². The summed E-state index contributed by atoms with van der Waals surface area (Å²) in [5.41, 5.74) is 16.8. The molecule has 0 bridgehead atoms. The van der Waals surface area contributed by atoms with Gasteiger partial charge in [0.05, 0.1) is 22.1 Å². The minimum atomic E-state index is -0.263. The molecule has 5 heteroatoms. The lowest BCUT2D eigenvalue weighted by Crippen LogP contribution is -2.17. The van der Waals surface area contributed by atoms with Gasteiger partial charge >= 0.3 is 0 Å². The standard InChI is InChI=1S/C60H41N5/c1-60(2)51-28-12-9-23-44(51)47-26-16-27-50(54(47)60)58-61-57(41-19-7-4-8-20-41)62-59(63-58)65-53-30-14-11-25-46(53)49-36-35-48-45-24-10-13-29-52(45)64(55(48)56(49)65)43-22-15-21-42(37-43)40-33-31-39(32-34-40)38-17-5-3-6-18-38/h3-37H,1-2H3. The maximum atomic E-state index is 5.56. The Kier molecular flexibility index (Phi) is 8.18. The molecule has 13 rings (SSSR count). The first-order valence-corrected chi connectivity index (χ1v) is 22.3. The van der Waals surface area contributed by atoms with Crippen LogP contribution in [-0.4, -0.2) is 24.1 Å². The molecule has 9 aromatic carbocycles. The fourth-order valence-corrected chi connectivity index (χ4v) is 10.6. The van der Waals surface area contributed by atoms with E-state index in [2.05, 4.69) is 217 Å². The monoisotopic (exact) mass is 831 g/mol. The van der Waals surface area contributed by atoms with E-state index in [0.717, 1.165) is 66.2 Å². The third kappa shape index (κ3) is 5.68. The van der Waals surface area contributed by atoms with Crippen LogP contribution in [0.5, 0.6) is 0 Å². The van der Waals surface area contributed by atoms with Crippen LogP contribution in [0.25, 0.3) is 111 Å². The van der Waals surface area contributed by atoms with E-state index in [1.165, 1.54) is 38.8 Å². The van der Waals surface area contributed by atoms with E-state index < -0.39 is 0 Å². The average Bonchev–Trinajstić information content (AvgIpc) is 3.98. The van der Waals surface area contributed by atoms with Crippen molar-refractivity contribution in [3.8, 4) is 67.8 Å². The zero-order valence-corrected chi connectivity index (χ0v) is 35.9. The van der Waals surface area contributed by atoms with Gasteiger partial charge in [0.15, 0.2) is 11.6 Å². The highest BCUT2D eigenvalue weighted by atomic mass is 15.2. The first-order chi connectivity index (χ1) is 32.0. The second kappa shape index (κ2) is 14.3. The zero-order chi connectivity index (χ0) is 43.2. The third-order valence-electron chi connectivity index (χ3n) is 13.6. The Labute approximate surface area is 376 Å². The van der Waals surface area contributed by atoms with E-state index >= 15 is 0 Å². The molecule has 0 amide bonds. The molecule has 0 N–H and O–H groups in total. The molecule has 0 spiro atoms. The van der Waals surface area contributed by atoms with E-state index in [1.54, 1.807) is 0 Å². The molecule has 0 saturated carbocycles. The largest absolute Gasteiger partial charge is 0.307 e. The molecular formula is C60H41N5. The lowest BCUT2D eigenvalue weighted by molar-refractivity contribution is 0.661. The van der Waals surface area contributed by atoms with Crippen molar-refractivity contribution in [2.75, 3.05) is 0 Å². The molecule has 12 aromatic rings. The highest BCUT2D eigenvalue weighted by molar-refractivity contribution is 6.23. The molecule has 1 aliphatic rings. The zero-order valence-electron chi connectivity index (χ0n) is 35.9. The number of hydrogen-bond acceptors (Lipinski definition) is 3. The Hall–Kier alpha value is -8.41. The molecule has 3 aromatic heterocycles. The Morgan fingerprint density at radius 2 is 0.862 bits per heavy atom. The second-order valence-electron chi connectivity index (χ2n) is 17.6. The van der Waals surface area contributed by atoms with Gasteiger partial charge in [-0.25, -0.2) is 4.98 Å². The van der Waals surface area contributed by atoms with Gasteiger partial charge in [-0.1, -0.05) is 202 Å². The summed E-state index contributed by atoms with van der Waals surface area (Å²) in [5, 5.41) is 4.61. The van der Waals surface area contributed by atoms with Gasteiger partial charge in [-0.3, -0.25) is 4.57 Å². The molecule has 65 heavy (non-hydrogen) atoms. The van der Waals surface area contributed by atoms with Crippen LogP contribution in [-0.2, 0) is 5.41 Å². The SMILES string of the molecule is CC1(C)c2ccccc2-c2cccc(-c3nc(-c4ccccc4)nc(-n4c5ccccc5c5ccc6c7ccccc7n(-c7cccc(-c8ccc(-c9ccccc9)cc8)c7)c6c54)n3)c21. The number of rotatable bonds is 6. The van der Waals surface area contributed by atoms with Crippen molar-refractivity contribution in [1.29, 1.82) is 0 Å². The Balaban J connectivity index is 1.09. The molecule has 0 radical (unpaired) electrons. The maximum absolute atomic E-state index is 5.56. The first kappa shape index (κ1) is 37.2. The van der Waals surface area contributed by atoms with Gasteiger partial charge in [-0.15, -0.1) is 0 Å². The van der Waals surface area contributed by atoms with Crippen LogP contribution < -0.4 is 0 Å². The topological polar surface area (TPSA) is 48.5 Å². The summed E-state index contributed by atoms with van der Waals surface area (Å²) in [5.74, 6) is 1.85. The van der Waals surface area contributed by atoms with Crippen molar-refractivity contribution in [3.05, 3.63) is 223 Å². The third-order valence-corrected chi connectivity index (χ3v) is 13.6. The van der Waals surface area contributed by atoms with Crippen LogP contribution in [0.2, 0.25) is 0 Å². The lowest BCUT2D eigenvalue weighted by Gasteiger charge is -2.24. The van der Waals surface area contributed by atoms with Gasteiger partial charge in [0.25, 0.3) is 0 Å². The average molecular weight is 832 g/mol. The predicted octanol–water partition coefficient (Wildman–Crippen LogP) is 15.0. The summed E-state index contributed by atoms with van der Waals surface area (Å²) in [7, 11) is 0. The number of hydrogen-bond donors (Lipinski definition) is 0. The summed E-state index contributed by atoms with van der Waals surface area (Å²) in [6, 6.07) is 76.0. The predicted molar refractivity (Wildman–Crippen MR) is 268 cm³/mol. The van der Waals surface area contributed by atoms with Gasteiger partial charge in [0.1, 0.15) is 0 Å². The van der Waals surface area contributed by atoms with Crippen molar-refractivity contribution < 1.29 is 0 Å². The molecule has 0 saturated heterocycles. The molecule has 5 nitrogen and oxygen atoms in total. The van der Waals surface area contributed by atoms with Gasteiger partial charge in [0.2, 0.25) is 5.95 Å². The lowest BCUT2D eigenvalue weighted by atomic mass is 9.80. The van der Waals surface area contributed by atoms with Crippen LogP contribution in [0.3, 0.4) is 0 Å². The number of nitrogens with zero attached hydrogens (tertiary/aromatic N) is 5. The van der Waals surface area contributed by atoms with Crippen molar-refractivity contribution in [3.63, 3.8) is 0 Å². The van der Waals surface area contributed by atoms with Crippen molar-refractivity contribution >= 4 is 43.6 Å². The first-order valence-electron chi connectivity index (χ1n) is 22.3. The Bertz CT molecular complexity index is 3840. The smallest absolute Gasteiger partial charge is 0.238 e. The van der Waals surface area contributed by atoms with E-state index in [1.807, 2.05) is 18.2 Å². The van der Waals surface area contributed by atoms with Gasteiger partial charge in [-0.2, -0.15) is 9.97 Å². The maximum Gasteiger partial charge on any atom is 0.238 e. The highest BCUT2D eigenvalue weighted by Crippen LogP contribution is 2.52.